The first-order valence-corrected chi connectivity index (χ1v) is 9.41. The van der Waals surface area contributed by atoms with Crippen molar-refractivity contribution in [2.24, 2.45) is 5.92 Å². The molecule has 0 N–H and O–H groups in total. The van der Waals surface area contributed by atoms with Crippen molar-refractivity contribution >= 4 is 0 Å². The molecule has 0 aliphatic carbocycles. The zero-order chi connectivity index (χ0) is 17.2. The summed E-state index contributed by atoms with van der Waals surface area (Å²) in [5, 5.41) is 4.06. The summed E-state index contributed by atoms with van der Waals surface area (Å²) in [6.07, 6.45) is 4.70. The number of likely N-dealkylation sites (tertiary alicyclic amines) is 1. The van der Waals surface area contributed by atoms with E-state index in [1.165, 1.54) is 38.0 Å². The van der Waals surface area contributed by atoms with Gasteiger partial charge in [-0.1, -0.05) is 11.2 Å². The molecule has 0 amide bonds. The molecule has 2 aliphatic heterocycles. The van der Waals surface area contributed by atoms with E-state index in [0.29, 0.717) is 5.92 Å². The molecule has 2 aromatic rings. The van der Waals surface area contributed by atoms with E-state index in [4.69, 9.17) is 14.2 Å². The maximum Gasteiger partial charge on any atom is 0.143 e. The monoisotopic (exact) mass is 341 g/mol. The van der Waals surface area contributed by atoms with Gasteiger partial charge < -0.3 is 9.26 Å². The molecular formula is C20H27N3O2. The summed E-state index contributed by atoms with van der Waals surface area (Å²) in [5.74, 6) is 1.55. The van der Waals surface area contributed by atoms with Crippen LogP contribution in [0.1, 0.15) is 36.4 Å². The summed E-state index contributed by atoms with van der Waals surface area (Å²) < 4.78 is 10.8. The molecule has 5 nitrogen and oxygen atoms in total. The molecule has 5 heteroatoms. The van der Waals surface area contributed by atoms with Gasteiger partial charge in [0.15, 0.2) is 0 Å². The highest BCUT2D eigenvalue weighted by Crippen LogP contribution is 2.28. The second kappa shape index (κ2) is 7.26. The molecule has 0 radical (unpaired) electrons. The van der Waals surface area contributed by atoms with Gasteiger partial charge in [0.05, 0.1) is 17.0 Å². The summed E-state index contributed by atoms with van der Waals surface area (Å²) in [7, 11) is 0. The van der Waals surface area contributed by atoms with Crippen molar-refractivity contribution in [1.29, 1.82) is 0 Å². The summed E-state index contributed by atoms with van der Waals surface area (Å²) in [4.78, 5) is 7.57. The van der Waals surface area contributed by atoms with Gasteiger partial charge in [-0.15, -0.1) is 0 Å². The van der Waals surface area contributed by atoms with Gasteiger partial charge in [0, 0.05) is 31.5 Å². The van der Waals surface area contributed by atoms with Gasteiger partial charge in [0.2, 0.25) is 0 Å². The largest absolute Gasteiger partial charge is 0.381 e. The molecule has 0 spiro atoms. The van der Waals surface area contributed by atoms with E-state index < -0.39 is 0 Å². The molecule has 0 saturated carbocycles. The minimum Gasteiger partial charge on any atom is -0.381 e. The minimum atomic E-state index is 0.704. The highest BCUT2D eigenvalue weighted by Gasteiger charge is 2.29. The Hall–Kier alpha value is -1.72. The van der Waals surface area contributed by atoms with Crippen LogP contribution in [-0.4, -0.2) is 47.4 Å². The average molecular weight is 341 g/mol. The number of nitrogens with zero attached hydrogens (tertiary/aromatic N) is 3. The second-order valence-corrected chi connectivity index (χ2v) is 7.41. The molecule has 1 atom stereocenters. The number of rotatable bonds is 4. The van der Waals surface area contributed by atoms with Crippen LogP contribution in [0.15, 0.2) is 22.7 Å². The van der Waals surface area contributed by atoms with Crippen LogP contribution in [0.25, 0.3) is 11.3 Å². The van der Waals surface area contributed by atoms with Crippen molar-refractivity contribution in [1.82, 2.24) is 15.0 Å². The Balaban J connectivity index is 1.43. The topological polar surface area (TPSA) is 51.4 Å². The smallest absolute Gasteiger partial charge is 0.143 e. The summed E-state index contributed by atoms with van der Waals surface area (Å²) in [6, 6.07) is 7.03. The molecule has 134 valence electrons. The van der Waals surface area contributed by atoms with Crippen LogP contribution >= 0.6 is 0 Å². The van der Waals surface area contributed by atoms with E-state index in [9.17, 15) is 0 Å². The summed E-state index contributed by atoms with van der Waals surface area (Å²) in [6.45, 7) is 8.19. The predicted octanol–water partition coefficient (Wildman–Crippen LogP) is 3.40. The molecule has 25 heavy (non-hydrogen) atoms. The molecular weight excluding hydrogens is 314 g/mol. The molecule has 2 aromatic heterocycles. The molecule has 0 bridgehead atoms. The van der Waals surface area contributed by atoms with Crippen molar-refractivity contribution in [3.8, 4) is 11.3 Å². The number of aryl methyl sites for hydroxylation is 2. The lowest BCUT2D eigenvalue weighted by molar-refractivity contribution is 0.0411. The maximum absolute atomic E-state index is 5.50. The van der Waals surface area contributed by atoms with E-state index in [1.807, 2.05) is 13.8 Å². The van der Waals surface area contributed by atoms with Crippen LogP contribution in [0.3, 0.4) is 0 Å². The first-order chi connectivity index (χ1) is 12.2. The van der Waals surface area contributed by atoms with Crippen LogP contribution in [0, 0.1) is 19.8 Å². The fourth-order valence-electron chi connectivity index (χ4n) is 4.29. The van der Waals surface area contributed by atoms with Crippen LogP contribution < -0.4 is 0 Å². The molecule has 1 unspecified atom stereocenters. The van der Waals surface area contributed by atoms with Gasteiger partial charge in [-0.3, -0.25) is 9.88 Å². The van der Waals surface area contributed by atoms with Gasteiger partial charge in [-0.2, -0.15) is 0 Å². The Labute approximate surface area is 149 Å². The van der Waals surface area contributed by atoms with Crippen LogP contribution in [-0.2, 0) is 11.2 Å². The van der Waals surface area contributed by atoms with Crippen LogP contribution in [0.2, 0.25) is 0 Å². The Morgan fingerprint density at radius 3 is 2.76 bits per heavy atom. The van der Waals surface area contributed by atoms with Crippen molar-refractivity contribution in [3.05, 3.63) is 35.3 Å². The van der Waals surface area contributed by atoms with Gasteiger partial charge in [0.25, 0.3) is 0 Å². The highest BCUT2D eigenvalue weighted by atomic mass is 16.5. The quantitative estimate of drug-likeness (QED) is 0.853. The van der Waals surface area contributed by atoms with Crippen LogP contribution in [0.4, 0.5) is 0 Å². The number of pyridine rings is 1. The number of hydrogen-bond donors (Lipinski definition) is 0. The van der Waals surface area contributed by atoms with E-state index >= 15 is 0 Å². The zero-order valence-corrected chi connectivity index (χ0v) is 15.2. The third-order valence-corrected chi connectivity index (χ3v) is 5.62. The third kappa shape index (κ3) is 3.62. The Bertz CT molecular complexity index is 702. The highest BCUT2D eigenvalue weighted by molar-refractivity contribution is 5.63. The van der Waals surface area contributed by atoms with E-state index in [1.54, 1.807) is 0 Å². The standard InChI is InChI=1S/C20H27N3O2/c1-14-20(15(2)25-22-14)19-5-3-4-17(21-19)12-16-6-9-23(13-16)18-7-10-24-11-8-18/h3-5,16,18H,6-13H2,1-2H3. The lowest BCUT2D eigenvalue weighted by Gasteiger charge is -2.31. The fraction of sp³-hybridized carbons (Fsp3) is 0.600. The summed E-state index contributed by atoms with van der Waals surface area (Å²) in [5.41, 5.74) is 4.11. The number of hydrogen-bond acceptors (Lipinski definition) is 5. The first-order valence-electron chi connectivity index (χ1n) is 9.41. The SMILES string of the molecule is Cc1noc(C)c1-c1cccc(CC2CCN(C3CCOCC3)C2)n1. The second-order valence-electron chi connectivity index (χ2n) is 7.41. The molecule has 0 aromatic carbocycles. The maximum atomic E-state index is 5.50. The van der Waals surface area contributed by atoms with Gasteiger partial charge >= 0.3 is 0 Å². The van der Waals surface area contributed by atoms with Crippen molar-refractivity contribution < 1.29 is 9.26 Å². The molecule has 4 rings (SSSR count). The van der Waals surface area contributed by atoms with Gasteiger partial charge in [-0.05, 0) is 64.1 Å². The average Bonchev–Trinajstić information content (AvgIpc) is 3.23. The molecule has 2 fully saturated rings. The zero-order valence-electron chi connectivity index (χ0n) is 15.2. The summed E-state index contributed by atoms with van der Waals surface area (Å²) >= 11 is 0. The lowest BCUT2D eigenvalue weighted by Crippen LogP contribution is -2.38. The lowest BCUT2D eigenvalue weighted by atomic mass is 10.0. The Morgan fingerprint density at radius 2 is 2.00 bits per heavy atom. The molecule has 2 saturated heterocycles. The molecule has 2 aliphatic rings. The fourth-order valence-corrected chi connectivity index (χ4v) is 4.29. The van der Waals surface area contributed by atoms with E-state index in [2.05, 4.69) is 28.3 Å². The minimum absolute atomic E-state index is 0.704. The third-order valence-electron chi connectivity index (χ3n) is 5.62. The van der Waals surface area contributed by atoms with E-state index in [0.717, 1.165) is 48.4 Å². The normalized spacial score (nSPS) is 22.6. The Kier molecular flexibility index (Phi) is 4.86. The Morgan fingerprint density at radius 1 is 1.16 bits per heavy atom. The number of aromatic nitrogens is 2. The van der Waals surface area contributed by atoms with Crippen molar-refractivity contribution in [3.63, 3.8) is 0 Å². The first kappa shape index (κ1) is 16.7. The van der Waals surface area contributed by atoms with E-state index in [-0.39, 0.29) is 0 Å². The van der Waals surface area contributed by atoms with Gasteiger partial charge in [0.1, 0.15) is 5.76 Å². The van der Waals surface area contributed by atoms with Crippen molar-refractivity contribution in [2.75, 3.05) is 26.3 Å². The molecule has 4 heterocycles. The predicted molar refractivity (Wildman–Crippen MR) is 96.4 cm³/mol. The number of ether oxygens (including phenoxy) is 1. The van der Waals surface area contributed by atoms with Gasteiger partial charge in [-0.25, -0.2) is 0 Å². The van der Waals surface area contributed by atoms with Crippen LogP contribution in [0.5, 0.6) is 0 Å². The van der Waals surface area contributed by atoms with Crippen molar-refractivity contribution in [2.45, 2.75) is 45.6 Å².